The van der Waals surface area contributed by atoms with Crippen molar-refractivity contribution in [3.05, 3.63) is 28.8 Å². The lowest BCUT2D eigenvalue weighted by Gasteiger charge is -2.37. The van der Waals surface area contributed by atoms with Gasteiger partial charge >= 0.3 is 6.03 Å². The van der Waals surface area contributed by atoms with E-state index in [2.05, 4.69) is 50.3 Å². The second-order valence-electron chi connectivity index (χ2n) is 7.35. The van der Waals surface area contributed by atoms with E-state index in [0.717, 1.165) is 49.2 Å². The molecular formula is C19H29N3O2. The fourth-order valence-electron chi connectivity index (χ4n) is 3.83. The highest BCUT2D eigenvalue weighted by atomic mass is 16.5. The summed E-state index contributed by atoms with van der Waals surface area (Å²) in [6.45, 7) is 6.47. The minimum atomic E-state index is 0.0413. The van der Waals surface area contributed by atoms with Gasteiger partial charge in [-0.05, 0) is 46.3 Å². The van der Waals surface area contributed by atoms with Crippen molar-refractivity contribution in [2.24, 2.45) is 0 Å². The molecule has 0 aliphatic carbocycles. The van der Waals surface area contributed by atoms with Crippen molar-refractivity contribution in [2.75, 3.05) is 33.8 Å². The maximum absolute atomic E-state index is 12.8. The van der Waals surface area contributed by atoms with Crippen molar-refractivity contribution in [1.29, 1.82) is 0 Å². The maximum atomic E-state index is 12.8. The number of likely N-dealkylation sites (N-methyl/N-ethyl adjacent to an activating group) is 1. The molecule has 2 amide bonds. The van der Waals surface area contributed by atoms with E-state index in [4.69, 9.17) is 4.74 Å². The Morgan fingerprint density at radius 2 is 2.08 bits per heavy atom. The van der Waals surface area contributed by atoms with Gasteiger partial charge in [-0.15, -0.1) is 0 Å². The first-order chi connectivity index (χ1) is 11.5. The number of likely N-dealkylation sites (tertiary alicyclic amines) is 1. The molecule has 0 aromatic heterocycles. The van der Waals surface area contributed by atoms with Crippen molar-refractivity contribution < 1.29 is 9.53 Å². The van der Waals surface area contributed by atoms with E-state index < -0.39 is 0 Å². The lowest BCUT2D eigenvalue weighted by atomic mass is 9.96. The molecule has 1 aromatic carbocycles. The standard InChI is InChI=1S/C19H29N3O2/c1-13-10-14(2)18-16(11-13)17(7-9-24-18)20-19(23)22-8-5-6-15(12-22)21(3)4/h10-11,15,17H,5-9,12H2,1-4H3,(H,20,23)/t15-,17+/m0/s1. The third-order valence-electron chi connectivity index (χ3n) is 5.19. The largest absolute Gasteiger partial charge is 0.493 e. The fraction of sp³-hybridized carbons (Fsp3) is 0.632. The van der Waals surface area contributed by atoms with Gasteiger partial charge in [0.05, 0.1) is 12.6 Å². The van der Waals surface area contributed by atoms with E-state index in [1.807, 2.05) is 4.90 Å². The molecule has 0 saturated carbocycles. The summed E-state index contributed by atoms with van der Waals surface area (Å²) < 4.78 is 5.84. The van der Waals surface area contributed by atoms with Crippen molar-refractivity contribution in [2.45, 2.75) is 45.2 Å². The van der Waals surface area contributed by atoms with Gasteiger partial charge in [0.15, 0.2) is 0 Å². The molecule has 0 radical (unpaired) electrons. The number of rotatable bonds is 2. The van der Waals surface area contributed by atoms with Gasteiger partial charge < -0.3 is 19.9 Å². The normalized spacial score (nSPS) is 23.6. The molecule has 0 unspecified atom stereocenters. The van der Waals surface area contributed by atoms with Gasteiger partial charge in [-0.2, -0.15) is 0 Å². The Bertz CT molecular complexity index is 615. The molecule has 2 atom stereocenters. The summed E-state index contributed by atoms with van der Waals surface area (Å²) in [5.41, 5.74) is 3.48. The van der Waals surface area contributed by atoms with E-state index in [9.17, 15) is 4.79 Å². The van der Waals surface area contributed by atoms with Crippen LogP contribution in [0.2, 0.25) is 0 Å². The molecule has 2 aliphatic heterocycles. The smallest absolute Gasteiger partial charge is 0.317 e. The number of fused-ring (bicyclic) bond motifs is 1. The molecule has 5 nitrogen and oxygen atoms in total. The van der Waals surface area contributed by atoms with E-state index in [1.165, 1.54) is 5.56 Å². The Labute approximate surface area is 145 Å². The lowest BCUT2D eigenvalue weighted by molar-refractivity contribution is 0.135. The van der Waals surface area contributed by atoms with Gasteiger partial charge in [-0.25, -0.2) is 4.79 Å². The molecule has 5 heteroatoms. The molecule has 1 aromatic rings. The number of hydrogen-bond donors (Lipinski definition) is 1. The zero-order chi connectivity index (χ0) is 17.3. The van der Waals surface area contributed by atoms with Crippen molar-refractivity contribution in [3.63, 3.8) is 0 Å². The van der Waals surface area contributed by atoms with Crippen LogP contribution in [0.4, 0.5) is 4.79 Å². The second kappa shape index (κ2) is 7.01. The van der Waals surface area contributed by atoms with Crippen LogP contribution in [0.5, 0.6) is 5.75 Å². The monoisotopic (exact) mass is 331 g/mol. The van der Waals surface area contributed by atoms with Crippen LogP contribution < -0.4 is 10.1 Å². The van der Waals surface area contributed by atoms with Crippen LogP contribution in [0.1, 0.15) is 42.0 Å². The third kappa shape index (κ3) is 3.51. The minimum absolute atomic E-state index is 0.0413. The Hall–Kier alpha value is -1.75. The Kier molecular flexibility index (Phi) is 4.99. The number of benzene rings is 1. The van der Waals surface area contributed by atoms with E-state index in [1.54, 1.807) is 0 Å². The number of nitrogens with one attached hydrogen (secondary N) is 1. The average Bonchev–Trinajstić information content (AvgIpc) is 2.55. The van der Waals surface area contributed by atoms with Gasteiger partial charge in [0.2, 0.25) is 0 Å². The summed E-state index contributed by atoms with van der Waals surface area (Å²) >= 11 is 0. The molecule has 1 fully saturated rings. The Morgan fingerprint density at radius 1 is 1.29 bits per heavy atom. The van der Waals surface area contributed by atoms with Crippen LogP contribution in [-0.2, 0) is 0 Å². The Morgan fingerprint density at radius 3 is 2.83 bits per heavy atom. The van der Waals surface area contributed by atoms with Crippen molar-refractivity contribution in [1.82, 2.24) is 15.1 Å². The number of amides is 2. The molecule has 1 N–H and O–H groups in total. The zero-order valence-corrected chi connectivity index (χ0v) is 15.3. The number of carbonyl (C=O) groups excluding carboxylic acids is 1. The molecule has 0 bridgehead atoms. The van der Waals surface area contributed by atoms with Gasteiger partial charge in [0.1, 0.15) is 5.75 Å². The SMILES string of the molecule is Cc1cc(C)c2c(c1)[C@H](NC(=O)N1CCC[C@H](N(C)C)C1)CCO2. The van der Waals surface area contributed by atoms with Gasteiger partial charge in [0, 0.05) is 31.1 Å². The van der Waals surface area contributed by atoms with Crippen LogP contribution >= 0.6 is 0 Å². The lowest BCUT2D eigenvalue weighted by Crippen LogP contribution is -2.51. The molecule has 0 spiro atoms. The first kappa shape index (κ1) is 17.1. The third-order valence-corrected chi connectivity index (χ3v) is 5.19. The summed E-state index contributed by atoms with van der Waals surface area (Å²) in [5, 5.41) is 3.25. The molecular weight excluding hydrogens is 302 g/mol. The van der Waals surface area contributed by atoms with Crippen molar-refractivity contribution in [3.8, 4) is 5.75 Å². The molecule has 24 heavy (non-hydrogen) atoms. The van der Waals surface area contributed by atoms with Crippen LogP contribution in [0.3, 0.4) is 0 Å². The average molecular weight is 331 g/mol. The number of nitrogens with zero attached hydrogens (tertiary/aromatic N) is 2. The predicted molar refractivity (Wildman–Crippen MR) is 95.6 cm³/mol. The second-order valence-corrected chi connectivity index (χ2v) is 7.35. The molecule has 2 aliphatic rings. The van der Waals surface area contributed by atoms with E-state index >= 15 is 0 Å². The highest BCUT2D eigenvalue weighted by Gasteiger charge is 2.29. The maximum Gasteiger partial charge on any atom is 0.317 e. The fourth-order valence-corrected chi connectivity index (χ4v) is 3.83. The number of ether oxygens (including phenoxy) is 1. The van der Waals surface area contributed by atoms with Gasteiger partial charge in [-0.1, -0.05) is 17.7 Å². The first-order valence-electron chi connectivity index (χ1n) is 8.91. The first-order valence-corrected chi connectivity index (χ1v) is 8.91. The topological polar surface area (TPSA) is 44.8 Å². The highest BCUT2D eigenvalue weighted by molar-refractivity contribution is 5.75. The quantitative estimate of drug-likeness (QED) is 0.906. The summed E-state index contributed by atoms with van der Waals surface area (Å²) in [7, 11) is 4.18. The summed E-state index contributed by atoms with van der Waals surface area (Å²) in [4.78, 5) is 17.0. The van der Waals surface area contributed by atoms with Crippen molar-refractivity contribution >= 4 is 6.03 Å². The van der Waals surface area contributed by atoms with Crippen LogP contribution in [-0.4, -0.2) is 55.7 Å². The predicted octanol–water partition coefficient (Wildman–Crippen LogP) is 2.86. The van der Waals surface area contributed by atoms with E-state index in [0.29, 0.717) is 12.6 Å². The summed E-state index contributed by atoms with van der Waals surface area (Å²) in [5.74, 6) is 0.946. The van der Waals surface area contributed by atoms with Crippen LogP contribution in [0.15, 0.2) is 12.1 Å². The minimum Gasteiger partial charge on any atom is -0.493 e. The number of aryl methyl sites for hydroxylation is 2. The number of carbonyl (C=O) groups is 1. The van der Waals surface area contributed by atoms with Gasteiger partial charge in [0.25, 0.3) is 0 Å². The number of hydrogen-bond acceptors (Lipinski definition) is 3. The summed E-state index contributed by atoms with van der Waals surface area (Å²) in [6, 6.07) is 4.83. The number of piperidine rings is 1. The van der Waals surface area contributed by atoms with E-state index in [-0.39, 0.29) is 12.1 Å². The summed E-state index contributed by atoms with van der Waals surface area (Å²) in [6.07, 6.45) is 3.06. The highest BCUT2D eigenvalue weighted by Crippen LogP contribution is 2.35. The molecule has 2 heterocycles. The number of urea groups is 1. The molecule has 3 rings (SSSR count). The van der Waals surface area contributed by atoms with Gasteiger partial charge in [-0.3, -0.25) is 0 Å². The molecule has 132 valence electrons. The Balaban J connectivity index is 1.72. The zero-order valence-electron chi connectivity index (χ0n) is 15.3. The van der Waals surface area contributed by atoms with Crippen LogP contribution in [0, 0.1) is 13.8 Å². The molecule has 1 saturated heterocycles. The van der Waals surface area contributed by atoms with Crippen LogP contribution in [0.25, 0.3) is 0 Å².